The van der Waals surface area contributed by atoms with Crippen LogP contribution in [0.4, 0.5) is 29.8 Å². The summed E-state index contributed by atoms with van der Waals surface area (Å²) < 4.78 is 41.4. The van der Waals surface area contributed by atoms with E-state index in [0.717, 1.165) is 10.9 Å². The highest BCUT2D eigenvalue weighted by Crippen LogP contribution is 2.36. The number of halogens is 4. The maximum absolute atomic E-state index is 12.5. The van der Waals surface area contributed by atoms with E-state index in [4.69, 9.17) is 16.9 Å². The molecule has 2 aromatic carbocycles. The maximum Gasteiger partial charge on any atom is 0.573 e. The van der Waals surface area contributed by atoms with Gasteiger partial charge in [0.1, 0.15) is 11.6 Å². The lowest BCUT2D eigenvalue weighted by molar-refractivity contribution is -0.274. The van der Waals surface area contributed by atoms with Crippen molar-refractivity contribution in [3.63, 3.8) is 0 Å². The fraction of sp³-hybridized carbons (Fsp3) is 0.190. The number of aromatic nitrogens is 1. The number of hydrogen-bond acceptors (Lipinski definition) is 7. The summed E-state index contributed by atoms with van der Waals surface area (Å²) in [5.41, 5.74) is 1.76. The number of anilines is 3. The summed E-state index contributed by atoms with van der Waals surface area (Å²) in [6.07, 6.45) is -2.63. The van der Waals surface area contributed by atoms with Crippen LogP contribution in [0.3, 0.4) is 0 Å². The first-order valence-electron chi connectivity index (χ1n) is 9.14. The van der Waals surface area contributed by atoms with Crippen LogP contribution in [0.1, 0.15) is 16.0 Å². The van der Waals surface area contributed by atoms with Crippen molar-refractivity contribution in [1.82, 2.24) is 4.98 Å². The van der Waals surface area contributed by atoms with E-state index in [9.17, 15) is 18.0 Å². The zero-order chi connectivity index (χ0) is 24.6. The Balaban J connectivity index is 0.00000187. The fourth-order valence-electron chi connectivity index (χ4n) is 2.71. The number of ether oxygens (including phenoxy) is 1. The van der Waals surface area contributed by atoms with Crippen LogP contribution in [0.15, 0.2) is 42.5 Å². The van der Waals surface area contributed by atoms with Gasteiger partial charge in [0.05, 0.1) is 23.2 Å². The molecule has 174 valence electrons. The highest BCUT2D eigenvalue weighted by molar-refractivity contribution is 7.79. The summed E-state index contributed by atoms with van der Waals surface area (Å²) in [6, 6.07) is 12.8. The molecule has 1 amide bonds. The summed E-state index contributed by atoms with van der Waals surface area (Å²) in [5.74, 6) is -0.0917. The number of carbonyl (C=O) groups is 1. The van der Waals surface area contributed by atoms with Gasteiger partial charge in [-0.25, -0.2) is 4.98 Å². The highest BCUT2D eigenvalue weighted by atomic mass is 35.5. The van der Waals surface area contributed by atoms with Gasteiger partial charge in [0.15, 0.2) is 5.13 Å². The average Bonchev–Trinajstić information content (AvgIpc) is 3.15. The molecule has 0 aliphatic rings. The summed E-state index contributed by atoms with van der Waals surface area (Å²) in [4.78, 5) is 17.8. The summed E-state index contributed by atoms with van der Waals surface area (Å²) >= 11 is 10.8. The van der Waals surface area contributed by atoms with Crippen LogP contribution >= 0.6 is 35.6 Å². The second-order valence-electron chi connectivity index (χ2n) is 6.22. The first-order chi connectivity index (χ1) is 15.7. The minimum absolute atomic E-state index is 0.187. The monoisotopic (exact) mass is 514 g/mol. The number of thiazole rings is 1. The largest absolute Gasteiger partial charge is 0.573 e. The van der Waals surface area contributed by atoms with Crippen LogP contribution in [-0.2, 0) is 11.3 Å². The third-order valence-electron chi connectivity index (χ3n) is 4.08. The number of carbonyl (C=O) groups excluding carboxylic acids is 1. The molecule has 0 saturated carbocycles. The fourth-order valence-corrected chi connectivity index (χ4v) is 3.84. The second-order valence-corrected chi connectivity index (χ2v) is 7.81. The average molecular weight is 515 g/mol. The molecule has 3 aromatic rings. The van der Waals surface area contributed by atoms with Crippen molar-refractivity contribution in [3.8, 4) is 11.8 Å². The molecular weight excluding hydrogens is 497 g/mol. The van der Waals surface area contributed by atoms with E-state index in [1.165, 1.54) is 23.5 Å². The summed E-state index contributed by atoms with van der Waals surface area (Å²) in [7, 11) is 0. The molecule has 1 heterocycles. The van der Waals surface area contributed by atoms with Crippen molar-refractivity contribution in [3.05, 3.63) is 63.5 Å². The van der Waals surface area contributed by atoms with Gasteiger partial charge in [0, 0.05) is 10.6 Å². The van der Waals surface area contributed by atoms with E-state index in [-0.39, 0.29) is 11.6 Å². The van der Waals surface area contributed by atoms with Gasteiger partial charge in [-0.3, -0.25) is 4.79 Å². The summed E-state index contributed by atoms with van der Waals surface area (Å²) in [5, 5.41) is 11.9. The molecule has 0 spiro atoms. The predicted molar refractivity (Wildman–Crippen MR) is 127 cm³/mol. The van der Waals surface area contributed by atoms with Gasteiger partial charge >= 0.3 is 6.36 Å². The minimum atomic E-state index is -4.85. The van der Waals surface area contributed by atoms with E-state index < -0.39 is 12.1 Å². The number of benzene rings is 2. The van der Waals surface area contributed by atoms with Gasteiger partial charge < -0.3 is 15.0 Å². The van der Waals surface area contributed by atoms with Crippen molar-refractivity contribution < 1.29 is 22.7 Å². The van der Waals surface area contributed by atoms with E-state index in [1.54, 1.807) is 42.3 Å². The Morgan fingerprint density at radius 3 is 2.48 bits per heavy atom. The third kappa shape index (κ3) is 7.28. The number of hydrogen-bond donors (Lipinski definition) is 2. The van der Waals surface area contributed by atoms with Gasteiger partial charge in [0.25, 0.3) is 0 Å². The van der Waals surface area contributed by atoms with Gasteiger partial charge in [-0.05, 0) is 55.1 Å². The van der Waals surface area contributed by atoms with Crippen LogP contribution in [0.2, 0.25) is 5.02 Å². The minimum Gasteiger partial charge on any atom is -0.404 e. The molecule has 0 radical (unpaired) electrons. The lowest BCUT2D eigenvalue weighted by Crippen LogP contribution is -2.18. The van der Waals surface area contributed by atoms with Crippen LogP contribution in [0.25, 0.3) is 0 Å². The molecule has 12 heteroatoms. The highest BCUT2D eigenvalue weighted by Gasteiger charge is 2.32. The molecule has 6 nitrogen and oxygen atoms in total. The molecule has 1 N–H and O–H groups in total. The Labute approximate surface area is 203 Å². The number of amides is 1. The van der Waals surface area contributed by atoms with Crippen LogP contribution in [-0.4, -0.2) is 24.0 Å². The van der Waals surface area contributed by atoms with Gasteiger partial charge in [0.2, 0.25) is 6.41 Å². The molecule has 0 unspecified atom stereocenters. The lowest BCUT2D eigenvalue weighted by atomic mass is 10.1. The Kier molecular flexibility index (Phi) is 9.40. The van der Waals surface area contributed by atoms with E-state index in [1.807, 2.05) is 6.07 Å². The van der Waals surface area contributed by atoms with E-state index >= 15 is 0 Å². The van der Waals surface area contributed by atoms with E-state index in [2.05, 4.69) is 27.7 Å². The molecule has 0 atom stereocenters. The molecule has 3 rings (SSSR count). The van der Waals surface area contributed by atoms with Gasteiger partial charge in [-0.15, -0.1) is 13.2 Å². The Morgan fingerprint density at radius 2 is 1.94 bits per heavy atom. The predicted octanol–water partition coefficient (Wildman–Crippen LogP) is 6.33. The van der Waals surface area contributed by atoms with Crippen molar-refractivity contribution >= 4 is 58.6 Å². The Morgan fingerprint density at radius 1 is 1.27 bits per heavy atom. The molecule has 0 bridgehead atoms. The number of thiol groups is 1. The number of nitriles is 1. The number of nitrogens with zero attached hydrogens (tertiary/aromatic N) is 3. The molecule has 1 aromatic heterocycles. The SMILES string of the molecule is CS.Cc1sc(N(Cc2ccc(OC(F)(F)F)c(Cl)c2)c2ccc(C#N)cc2)nc1NC=O. The molecule has 0 aliphatic heterocycles. The number of nitrogens with one attached hydrogen (secondary N) is 1. The van der Waals surface area contributed by atoms with Crippen LogP contribution in [0.5, 0.6) is 5.75 Å². The quantitative estimate of drug-likeness (QED) is 0.284. The molecule has 0 fully saturated rings. The normalized spacial score (nSPS) is 10.5. The van der Waals surface area contributed by atoms with Crippen LogP contribution < -0.4 is 15.0 Å². The molecule has 0 aliphatic carbocycles. The van der Waals surface area contributed by atoms with Crippen molar-refractivity contribution in [2.45, 2.75) is 19.8 Å². The number of alkyl halides is 3. The molecule has 0 saturated heterocycles. The van der Waals surface area contributed by atoms with Gasteiger partial charge in [-0.1, -0.05) is 29.0 Å². The number of rotatable bonds is 7. The van der Waals surface area contributed by atoms with Gasteiger partial charge in [-0.2, -0.15) is 17.9 Å². The van der Waals surface area contributed by atoms with Crippen molar-refractivity contribution in [2.24, 2.45) is 0 Å². The Hall–Kier alpha value is -2.94. The number of aryl methyl sites for hydroxylation is 1. The molecular formula is C21H18ClF3N4O2S2. The first-order valence-corrected chi connectivity index (χ1v) is 11.2. The Bertz CT molecular complexity index is 1130. The smallest absolute Gasteiger partial charge is 0.404 e. The van der Waals surface area contributed by atoms with E-state index in [0.29, 0.717) is 34.2 Å². The second kappa shape index (κ2) is 11.8. The lowest BCUT2D eigenvalue weighted by Gasteiger charge is -2.22. The van der Waals surface area contributed by atoms with Crippen molar-refractivity contribution in [1.29, 1.82) is 5.26 Å². The first kappa shape index (κ1) is 26.3. The zero-order valence-electron chi connectivity index (χ0n) is 17.4. The summed E-state index contributed by atoms with van der Waals surface area (Å²) in [6.45, 7) is 2.01. The topological polar surface area (TPSA) is 78.2 Å². The van der Waals surface area contributed by atoms with Crippen molar-refractivity contribution in [2.75, 3.05) is 16.5 Å². The molecule has 33 heavy (non-hydrogen) atoms. The van der Waals surface area contributed by atoms with Crippen LogP contribution in [0, 0.1) is 18.3 Å². The zero-order valence-corrected chi connectivity index (χ0v) is 19.8. The standard InChI is InChI=1S/C20H14ClF3N4O2S.CH4S/c1-12-18(26-11-29)27-19(31-12)28(15-5-2-13(9-25)3-6-15)10-14-4-7-17(16(21)8-14)30-20(22,23)24;1-2/h2-8,11H,10H2,1H3,(H,26,29);2H,1H3. The third-order valence-corrected chi connectivity index (χ3v) is 5.37. The maximum atomic E-state index is 12.5.